The molecule has 0 amide bonds. The summed E-state index contributed by atoms with van der Waals surface area (Å²) in [5, 5.41) is 11.8. The van der Waals surface area contributed by atoms with Gasteiger partial charge < -0.3 is 19.0 Å². The summed E-state index contributed by atoms with van der Waals surface area (Å²) < 4.78 is 17.0. The van der Waals surface area contributed by atoms with Crippen LogP contribution >= 0.6 is 0 Å². The van der Waals surface area contributed by atoms with Crippen molar-refractivity contribution in [1.82, 2.24) is 0 Å². The largest absolute Gasteiger partial charge is 0.533 e. The number of hydrogen-bond acceptors (Lipinski definition) is 8. The van der Waals surface area contributed by atoms with Crippen molar-refractivity contribution in [2.45, 2.75) is 52.5 Å². The maximum Gasteiger partial charge on any atom is 0.341 e. The maximum atomic E-state index is 12.9. The van der Waals surface area contributed by atoms with Gasteiger partial charge in [-0.15, -0.1) is 0 Å². The molecule has 4 aromatic carbocycles. The molecule has 0 aromatic heterocycles. The lowest BCUT2D eigenvalue weighted by atomic mass is 10.0. The molecule has 0 spiro atoms. The number of rotatable bonds is 6. The second-order valence-electron chi connectivity index (χ2n) is 12.6. The van der Waals surface area contributed by atoms with Crippen LogP contribution < -0.4 is 14.8 Å². The number of carbonyl (C=O) groups excluding carboxylic acids is 2. The number of phenols is 1. The second kappa shape index (κ2) is 13.4. The molecule has 9 heteroatoms. The quantitative estimate of drug-likeness (QED) is 0.184. The van der Waals surface area contributed by atoms with Gasteiger partial charge >= 0.3 is 20.3 Å². The summed E-state index contributed by atoms with van der Waals surface area (Å²) in [4.78, 5) is 33.0. The van der Waals surface area contributed by atoms with E-state index >= 15 is 0 Å². The van der Waals surface area contributed by atoms with Crippen LogP contribution in [0.15, 0.2) is 82.8 Å². The molecule has 242 valence electrons. The zero-order chi connectivity index (χ0) is 33.9. The van der Waals surface area contributed by atoms with Gasteiger partial charge in [0.1, 0.15) is 22.6 Å². The van der Waals surface area contributed by atoms with E-state index in [0.717, 1.165) is 44.9 Å². The summed E-state index contributed by atoms with van der Waals surface area (Å²) in [6.07, 6.45) is 5.07. The Balaban J connectivity index is 0.000000241. The zero-order valence-corrected chi connectivity index (χ0v) is 28.9. The van der Waals surface area contributed by atoms with E-state index < -0.39 is 20.3 Å². The average molecular weight is 649 g/mol. The first-order chi connectivity index (χ1) is 22.4. The van der Waals surface area contributed by atoms with Crippen molar-refractivity contribution in [2.75, 3.05) is 14.2 Å². The minimum absolute atomic E-state index is 0.0383. The number of aliphatic imine (C=N–C) groups is 2. The Morgan fingerprint density at radius 1 is 0.723 bits per heavy atom. The monoisotopic (exact) mass is 648 g/mol. The fraction of sp³-hybridized carbons (Fsp3) is 0.263. The minimum Gasteiger partial charge on any atom is -0.533 e. The van der Waals surface area contributed by atoms with Crippen LogP contribution in [0.3, 0.4) is 0 Å². The lowest BCUT2D eigenvalue weighted by Gasteiger charge is -2.43. The molecule has 0 bridgehead atoms. The number of benzene rings is 4. The Morgan fingerprint density at radius 3 is 1.64 bits per heavy atom. The van der Waals surface area contributed by atoms with Gasteiger partial charge in [-0.2, -0.15) is 0 Å². The molecule has 2 aliphatic heterocycles. The molecular weight excluding hydrogens is 609 g/mol. The summed E-state index contributed by atoms with van der Waals surface area (Å²) in [6, 6.07) is 24.4. The highest BCUT2D eigenvalue weighted by Gasteiger charge is 2.52. The highest BCUT2D eigenvalue weighted by Crippen LogP contribution is 2.42. The fourth-order valence-electron chi connectivity index (χ4n) is 6.45. The van der Waals surface area contributed by atoms with Crippen LogP contribution in [0.1, 0.15) is 63.7 Å². The SMILES string of the molecule is COC(=O)c1c(O)cc2c(c1C)N=CC2.COC(=O)c1c(O[Si](c2ccccc2)(c2ccccc2)C(C)(C)C)cc2c(c1C)N=CC2. The number of carbonyl (C=O) groups is 2. The molecule has 0 radical (unpaired) electrons. The minimum atomic E-state index is -2.88. The molecule has 8 nitrogen and oxygen atoms in total. The van der Waals surface area contributed by atoms with E-state index in [1.54, 1.807) is 19.2 Å². The van der Waals surface area contributed by atoms with Crippen LogP contribution in [0.4, 0.5) is 11.4 Å². The van der Waals surface area contributed by atoms with Crippen LogP contribution in [0.2, 0.25) is 5.04 Å². The predicted molar refractivity (Wildman–Crippen MR) is 189 cm³/mol. The van der Waals surface area contributed by atoms with Gasteiger partial charge in [-0.1, -0.05) is 81.4 Å². The molecule has 0 aliphatic carbocycles. The molecule has 2 heterocycles. The van der Waals surface area contributed by atoms with Crippen molar-refractivity contribution < 1.29 is 28.6 Å². The Morgan fingerprint density at radius 2 is 1.17 bits per heavy atom. The lowest BCUT2D eigenvalue weighted by molar-refractivity contribution is 0.0587. The van der Waals surface area contributed by atoms with Crippen molar-refractivity contribution in [1.29, 1.82) is 0 Å². The normalized spacial score (nSPS) is 12.9. The number of aromatic hydroxyl groups is 1. The van der Waals surface area contributed by atoms with Crippen LogP contribution in [0, 0.1) is 13.8 Å². The number of nitrogens with zero attached hydrogens (tertiary/aromatic N) is 2. The van der Waals surface area contributed by atoms with E-state index in [1.165, 1.54) is 14.2 Å². The third-order valence-electron chi connectivity index (χ3n) is 8.71. The van der Waals surface area contributed by atoms with Gasteiger partial charge in [-0.25, -0.2) is 9.59 Å². The maximum absolute atomic E-state index is 12.9. The Bertz CT molecular complexity index is 1840. The van der Waals surface area contributed by atoms with Crippen LogP contribution in [-0.4, -0.2) is 52.0 Å². The number of hydrogen-bond donors (Lipinski definition) is 1. The average Bonchev–Trinajstić information content (AvgIpc) is 3.74. The molecule has 0 fully saturated rings. The number of phenolic OH excluding ortho intramolecular Hbond substituents is 1. The standard InChI is InChI=1S/C27H29NO3Si.C11H11NO3/c1-19-24(26(29)30-5)23(18-20-16-17-28-25(19)20)31-32(27(2,3)4,21-12-8-6-9-13-21)22-14-10-7-11-15-22;1-6-9(11(14)15-2)8(13)5-7-3-4-12-10(6)7/h6-15,17-18H,16H2,1-5H3;4-5,13H,3H2,1-2H3. The van der Waals surface area contributed by atoms with Crippen LogP contribution in [-0.2, 0) is 22.3 Å². The Hall–Kier alpha value is -5.02. The van der Waals surface area contributed by atoms with Crippen molar-refractivity contribution in [3.63, 3.8) is 0 Å². The van der Waals surface area contributed by atoms with Gasteiger partial charge in [-0.3, -0.25) is 9.98 Å². The van der Waals surface area contributed by atoms with Gasteiger partial charge in [-0.05, 0) is 63.6 Å². The summed E-state index contributed by atoms with van der Waals surface area (Å²) in [6.45, 7) is 10.3. The van der Waals surface area contributed by atoms with Crippen molar-refractivity contribution >= 4 is 54.4 Å². The van der Waals surface area contributed by atoms with Crippen LogP contribution in [0.5, 0.6) is 11.5 Å². The first kappa shape index (κ1) is 33.3. The second-order valence-corrected chi connectivity index (χ2v) is 16.8. The fourth-order valence-corrected chi connectivity index (χ4v) is 10.9. The van der Waals surface area contributed by atoms with Gasteiger partial charge in [0.2, 0.25) is 0 Å². The molecule has 2 aliphatic rings. The molecule has 0 saturated heterocycles. The summed E-state index contributed by atoms with van der Waals surface area (Å²) in [5.74, 6) is -0.397. The number of methoxy groups -OCH3 is 2. The molecule has 0 saturated carbocycles. The van der Waals surface area contributed by atoms with Crippen molar-refractivity contribution in [3.05, 3.63) is 106 Å². The van der Waals surface area contributed by atoms with E-state index in [9.17, 15) is 14.7 Å². The first-order valence-electron chi connectivity index (χ1n) is 15.5. The molecule has 47 heavy (non-hydrogen) atoms. The van der Waals surface area contributed by atoms with E-state index in [0.29, 0.717) is 23.3 Å². The molecule has 1 N–H and O–H groups in total. The third kappa shape index (κ3) is 6.11. The molecule has 4 aromatic rings. The highest BCUT2D eigenvalue weighted by molar-refractivity contribution is 7.00. The Kier molecular flexibility index (Phi) is 9.49. The molecule has 6 rings (SSSR count). The number of fused-ring (bicyclic) bond motifs is 2. The number of ether oxygens (including phenoxy) is 2. The molecular formula is C38H40N2O6Si. The highest BCUT2D eigenvalue weighted by atomic mass is 28.4. The van der Waals surface area contributed by atoms with E-state index in [1.807, 2.05) is 31.3 Å². The molecule has 0 atom stereocenters. The smallest absolute Gasteiger partial charge is 0.341 e. The third-order valence-corrected chi connectivity index (χ3v) is 13.6. The first-order valence-corrected chi connectivity index (χ1v) is 17.4. The van der Waals surface area contributed by atoms with Gasteiger partial charge in [0, 0.05) is 25.3 Å². The van der Waals surface area contributed by atoms with Gasteiger partial charge in [0.15, 0.2) is 0 Å². The van der Waals surface area contributed by atoms with E-state index in [4.69, 9.17) is 9.16 Å². The van der Waals surface area contributed by atoms with Crippen molar-refractivity contribution in [2.24, 2.45) is 9.98 Å². The molecule has 0 unspecified atom stereocenters. The summed E-state index contributed by atoms with van der Waals surface area (Å²) in [7, 11) is -0.187. The Labute approximate surface area is 276 Å². The van der Waals surface area contributed by atoms with Crippen LogP contribution in [0.25, 0.3) is 0 Å². The van der Waals surface area contributed by atoms with E-state index in [-0.39, 0.29) is 16.4 Å². The summed E-state index contributed by atoms with van der Waals surface area (Å²) in [5.41, 5.74) is 5.77. The number of esters is 2. The topological polar surface area (TPSA) is 107 Å². The summed E-state index contributed by atoms with van der Waals surface area (Å²) >= 11 is 0. The van der Waals surface area contributed by atoms with E-state index in [2.05, 4.69) is 84.0 Å². The predicted octanol–water partition coefficient (Wildman–Crippen LogP) is 6.72. The van der Waals surface area contributed by atoms with Gasteiger partial charge in [0.25, 0.3) is 0 Å². The van der Waals surface area contributed by atoms with Crippen molar-refractivity contribution in [3.8, 4) is 11.5 Å². The zero-order valence-electron chi connectivity index (χ0n) is 27.9. The lowest BCUT2D eigenvalue weighted by Crippen LogP contribution is -2.69. The van der Waals surface area contributed by atoms with Gasteiger partial charge in [0.05, 0.1) is 25.6 Å².